The summed E-state index contributed by atoms with van der Waals surface area (Å²) in [5.74, 6) is 1.81. The molecule has 2 aromatic rings. The van der Waals surface area contributed by atoms with E-state index in [1.165, 1.54) is 30.9 Å². The molecule has 2 unspecified atom stereocenters. The molecule has 0 radical (unpaired) electrons. The van der Waals surface area contributed by atoms with Gasteiger partial charge in [0.1, 0.15) is 6.61 Å². The average molecular weight is 716 g/mol. The molecule has 2 saturated carbocycles. The van der Waals surface area contributed by atoms with E-state index >= 15 is 0 Å². The largest absolute Gasteiger partial charge is 0.493 e. The molecule has 2 spiro atoms. The molecule has 3 atom stereocenters. The number of anilines is 1. The number of hydrogen-bond donors (Lipinski definition) is 1. The number of carbonyl (C=O) groups excluding carboxylic acids is 3. The van der Waals surface area contributed by atoms with Gasteiger partial charge in [0, 0.05) is 30.8 Å². The second-order valence-electron chi connectivity index (χ2n) is 15.6. The summed E-state index contributed by atoms with van der Waals surface area (Å²) >= 11 is 0. The number of rotatable bonds is 12. The van der Waals surface area contributed by atoms with Crippen molar-refractivity contribution in [2.24, 2.45) is 10.8 Å². The van der Waals surface area contributed by atoms with Crippen molar-refractivity contribution >= 4 is 23.6 Å². The van der Waals surface area contributed by atoms with Gasteiger partial charge in [0.2, 0.25) is 0 Å². The number of hydrogen-bond acceptors (Lipinski definition) is 9. The number of aryl methyl sites for hydroxylation is 1. The fraction of sp³-hybridized carbons (Fsp3) is 0.575. The Bertz CT molecular complexity index is 1770. The second kappa shape index (κ2) is 13.5. The van der Waals surface area contributed by atoms with E-state index in [4.69, 9.17) is 23.7 Å². The first-order valence-electron chi connectivity index (χ1n) is 18.7. The highest BCUT2D eigenvalue weighted by Crippen LogP contribution is 2.58. The van der Waals surface area contributed by atoms with Crippen LogP contribution in [0.25, 0.3) is 0 Å². The van der Waals surface area contributed by atoms with Crippen LogP contribution in [0.15, 0.2) is 36.9 Å². The minimum Gasteiger partial charge on any atom is -0.493 e. The summed E-state index contributed by atoms with van der Waals surface area (Å²) in [6.45, 7) is 5.85. The number of methoxy groups -OCH3 is 2. The Morgan fingerprint density at radius 1 is 0.846 bits per heavy atom. The molecule has 12 heteroatoms. The summed E-state index contributed by atoms with van der Waals surface area (Å²) < 4.78 is 29.0. The van der Waals surface area contributed by atoms with Gasteiger partial charge in [0.25, 0.3) is 11.8 Å². The first-order valence-corrected chi connectivity index (χ1v) is 18.7. The molecule has 0 aromatic heterocycles. The van der Waals surface area contributed by atoms with E-state index in [0.717, 1.165) is 62.6 Å². The summed E-state index contributed by atoms with van der Waals surface area (Å²) in [5, 5.41) is 11.6. The Kier molecular flexibility index (Phi) is 9.00. The molecule has 2 aliphatic carbocycles. The number of nitrogens with zero attached hydrogens (tertiary/aromatic N) is 3. The SMILES string of the molecule is C=CCOC(=O)N1c2cc(OCCCCCOc3cc4c(cc3OC)C(=O)N3CC5(CC5)CC3CC4)c(OC)cc2C(=O)N2CC3(CC3)C[C@H]2C1O. The zero-order chi connectivity index (χ0) is 36.2. The molecule has 1 N–H and O–H groups in total. The van der Waals surface area contributed by atoms with Gasteiger partial charge in [-0.2, -0.15) is 0 Å². The predicted octanol–water partition coefficient (Wildman–Crippen LogP) is 5.73. The fourth-order valence-electron chi connectivity index (χ4n) is 8.89. The summed E-state index contributed by atoms with van der Waals surface area (Å²) in [6.07, 6.45) is 9.77. The van der Waals surface area contributed by atoms with Crippen LogP contribution < -0.4 is 23.8 Å². The topological polar surface area (TPSA) is 127 Å². The highest BCUT2D eigenvalue weighted by Gasteiger charge is 2.58. The number of unbranched alkanes of at least 4 members (excludes halogenated alkanes) is 2. The van der Waals surface area contributed by atoms with Crippen molar-refractivity contribution in [1.29, 1.82) is 0 Å². The van der Waals surface area contributed by atoms with Crippen molar-refractivity contribution < 1.29 is 43.2 Å². The standard InChI is InChI=1S/C40H49N3O9/c1-4-14-52-38(47)43-29-20-34(32(49-3)19-28(29)36(45)42-24-40(12-13-40)22-30(42)37(43)46)51-16-7-5-6-15-50-33-17-25-8-9-26-21-39(10-11-39)23-41(26)35(44)27(25)18-31(33)48-2/h4,17-20,26,30,37,46H,1,5-16,21-24H2,2-3H3/t26?,30-,37?/m0/s1. The molecule has 0 bridgehead atoms. The van der Waals surface area contributed by atoms with Crippen molar-refractivity contribution in [1.82, 2.24) is 9.80 Å². The maximum absolute atomic E-state index is 13.9. The Hall–Kier alpha value is -4.45. The van der Waals surface area contributed by atoms with Gasteiger partial charge >= 0.3 is 6.09 Å². The number of ether oxygens (including phenoxy) is 5. The van der Waals surface area contributed by atoms with E-state index in [2.05, 4.69) is 11.5 Å². The highest BCUT2D eigenvalue weighted by molar-refractivity contribution is 6.06. The molecule has 2 saturated heterocycles. The van der Waals surface area contributed by atoms with Crippen molar-refractivity contribution in [3.63, 3.8) is 0 Å². The molecule has 2 aromatic carbocycles. The molecule has 52 heavy (non-hydrogen) atoms. The number of aliphatic hydroxyl groups is 1. The lowest BCUT2D eigenvalue weighted by Crippen LogP contribution is -2.50. The molecule has 6 aliphatic rings. The Morgan fingerprint density at radius 3 is 2.12 bits per heavy atom. The lowest BCUT2D eigenvalue weighted by atomic mass is 9.97. The maximum Gasteiger partial charge on any atom is 0.416 e. The number of fused-ring (bicyclic) bond motifs is 4. The Balaban J connectivity index is 0.896. The molecule has 3 amide bonds. The first-order chi connectivity index (χ1) is 25.2. The van der Waals surface area contributed by atoms with Crippen LogP contribution in [0.1, 0.15) is 90.5 Å². The smallest absolute Gasteiger partial charge is 0.416 e. The average Bonchev–Trinajstić information content (AvgIpc) is 4.03. The van der Waals surface area contributed by atoms with E-state index in [0.29, 0.717) is 67.1 Å². The lowest BCUT2D eigenvalue weighted by Gasteiger charge is -2.31. The first kappa shape index (κ1) is 34.6. The van der Waals surface area contributed by atoms with Crippen LogP contribution in [0, 0.1) is 10.8 Å². The fourth-order valence-corrected chi connectivity index (χ4v) is 8.89. The van der Waals surface area contributed by atoms with Crippen molar-refractivity contribution in [2.75, 3.05) is 52.0 Å². The van der Waals surface area contributed by atoms with Gasteiger partial charge in [-0.1, -0.05) is 12.7 Å². The summed E-state index contributed by atoms with van der Waals surface area (Å²) in [5.41, 5.74) is 2.62. The van der Waals surface area contributed by atoms with Crippen LogP contribution in [-0.4, -0.2) is 98.3 Å². The molecule has 4 aliphatic heterocycles. The van der Waals surface area contributed by atoms with Gasteiger partial charge in [-0.05, 0) is 105 Å². The minimum absolute atomic E-state index is 0.0114. The lowest BCUT2D eigenvalue weighted by molar-refractivity contribution is 0.0496. The Labute approximate surface area is 304 Å². The number of benzene rings is 2. The van der Waals surface area contributed by atoms with Crippen molar-refractivity contribution in [3.8, 4) is 23.0 Å². The second-order valence-corrected chi connectivity index (χ2v) is 15.6. The van der Waals surface area contributed by atoms with Gasteiger partial charge in [0.05, 0.1) is 44.7 Å². The minimum atomic E-state index is -1.28. The predicted molar refractivity (Wildman–Crippen MR) is 191 cm³/mol. The molecular weight excluding hydrogens is 666 g/mol. The number of aliphatic hydroxyl groups excluding tert-OH is 1. The van der Waals surface area contributed by atoms with E-state index in [-0.39, 0.29) is 35.1 Å². The van der Waals surface area contributed by atoms with Crippen molar-refractivity contribution in [2.45, 2.75) is 88.9 Å². The van der Waals surface area contributed by atoms with Crippen LogP contribution in [-0.2, 0) is 11.2 Å². The summed E-state index contributed by atoms with van der Waals surface area (Å²) in [7, 11) is 3.11. The third-order valence-corrected chi connectivity index (χ3v) is 12.2. The van der Waals surface area contributed by atoms with E-state index < -0.39 is 18.4 Å². The molecule has 4 heterocycles. The number of amides is 3. The van der Waals surface area contributed by atoms with Crippen LogP contribution in [0.5, 0.6) is 23.0 Å². The summed E-state index contributed by atoms with van der Waals surface area (Å²) in [4.78, 5) is 45.8. The molecular formula is C40H49N3O9. The zero-order valence-corrected chi connectivity index (χ0v) is 30.2. The van der Waals surface area contributed by atoms with Crippen LogP contribution in [0.4, 0.5) is 10.5 Å². The van der Waals surface area contributed by atoms with Crippen LogP contribution in [0.3, 0.4) is 0 Å². The number of carbonyl (C=O) groups is 3. The van der Waals surface area contributed by atoms with Gasteiger partial charge in [-0.25, -0.2) is 9.69 Å². The van der Waals surface area contributed by atoms with E-state index in [1.807, 2.05) is 12.1 Å². The van der Waals surface area contributed by atoms with E-state index in [9.17, 15) is 19.5 Å². The quantitative estimate of drug-likeness (QED) is 0.217. The van der Waals surface area contributed by atoms with Gasteiger partial charge < -0.3 is 38.6 Å². The van der Waals surface area contributed by atoms with Gasteiger partial charge in [0.15, 0.2) is 29.2 Å². The van der Waals surface area contributed by atoms with Gasteiger partial charge in [-0.3, -0.25) is 9.59 Å². The highest BCUT2D eigenvalue weighted by atomic mass is 16.6. The van der Waals surface area contributed by atoms with Gasteiger partial charge in [-0.15, -0.1) is 0 Å². The normalized spacial score (nSPS) is 24.4. The van der Waals surface area contributed by atoms with Crippen LogP contribution >= 0.6 is 0 Å². The summed E-state index contributed by atoms with van der Waals surface area (Å²) in [6, 6.07) is 6.81. The Morgan fingerprint density at radius 2 is 1.46 bits per heavy atom. The molecule has 12 nitrogen and oxygen atoms in total. The third-order valence-electron chi connectivity index (χ3n) is 12.2. The molecule has 8 rings (SSSR count). The molecule has 278 valence electrons. The molecule has 4 fully saturated rings. The van der Waals surface area contributed by atoms with Crippen molar-refractivity contribution in [3.05, 3.63) is 53.6 Å². The maximum atomic E-state index is 13.9. The third kappa shape index (κ3) is 6.22. The zero-order valence-electron chi connectivity index (χ0n) is 30.2. The van der Waals surface area contributed by atoms with E-state index in [1.54, 1.807) is 24.1 Å². The monoisotopic (exact) mass is 715 g/mol. The van der Waals surface area contributed by atoms with Crippen LogP contribution in [0.2, 0.25) is 0 Å².